The first-order valence-corrected chi connectivity index (χ1v) is 7.87. The minimum atomic E-state index is -0.0708. The lowest BCUT2D eigenvalue weighted by Gasteiger charge is -2.19. The van der Waals surface area contributed by atoms with E-state index in [9.17, 15) is 4.79 Å². The summed E-state index contributed by atoms with van der Waals surface area (Å²) < 4.78 is 5.61. The summed E-state index contributed by atoms with van der Waals surface area (Å²) in [6.45, 7) is 0.683. The lowest BCUT2D eigenvalue weighted by Crippen LogP contribution is -2.42. The van der Waals surface area contributed by atoms with Crippen LogP contribution in [0.1, 0.15) is 19.3 Å². The minimum absolute atomic E-state index is 0.0477. The summed E-state index contributed by atoms with van der Waals surface area (Å²) in [5, 5.41) is 5.32. The van der Waals surface area contributed by atoms with Crippen molar-refractivity contribution >= 4 is 16.7 Å². The Morgan fingerprint density at radius 2 is 2.00 bits per heavy atom. The summed E-state index contributed by atoms with van der Waals surface area (Å²) in [4.78, 5) is 12.0. The summed E-state index contributed by atoms with van der Waals surface area (Å²) in [5.41, 5.74) is 5.74. The first-order chi connectivity index (χ1) is 10.8. The molecule has 1 aliphatic rings. The van der Waals surface area contributed by atoms with Gasteiger partial charge >= 0.3 is 0 Å². The van der Waals surface area contributed by atoms with E-state index < -0.39 is 0 Å². The van der Waals surface area contributed by atoms with E-state index in [0.29, 0.717) is 12.5 Å². The van der Waals surface area contributed by atoms with Crippen molar-refractivity contribution in [2.24, 2.45) is 11.7 Å². The molecule has 0 bridgehead atoms. The van der Waals surface area contributed by atoms with E-state index in [1.54, 1.807) is 0 Å². The number of carbonyl (C=O) groups excluding carboxylic acids is 1. The van der Waals surface area contributed by atoms with Crippen LogP contribution in [0.5, 0.6) is 5.75 Å². The van der Waals surface area contributed by atoms with Crippen LogP contribution in [0.4, 0.5) is 0 Å². The molecule has 1 fully saturated rings. The molecule has 2 unspecified atom stereocenters. The van der Waals surface area contributed by atoms with Gasteiger partial charge in [0.05, 0.1) is 0 Å². The Kier molecular flexibility index (Phi) is 4.59. The van der Waals surface area contributed by atoms with Gasteiger partial charge in [0, 0.05) is 6.04 Å². The van der Waals surface area contributed by atoms with E-state index in [1.165, 1.54) is 0 Å². The fourth-order valence-electron chi connectivity index (χ4n) is 3.16. The van der Waals surface area contributed by atoms with Gasteiger partial charge in [-0.15, -0.1) is 0 Å². The highest BCUT2D eigenvalue weighted by Gasteiger charge is 2.27. The highest BCUT2D eigenvalue weighted by atomic mass is 16.5. The number of nitrogens with one attached hydrogen (secondary N) is 1. The standard InChI is InChI=1S/C18H22N2O2/c19-11-15-6-3-7-17(15)20-18(21)12-22-16-9-8-13-4-1-2-5-14(13)10-16/h1-2,4-5,8-10,15,17H,3,6-7,11-12,19H2,(H,20,21). The molecule has 1 saturated carbocycles. The number of rotatable bonds is 5. The second kappa shape index (κ2) is 6.79. The number of nitrogens with two attached hydrogens (primary N) is 1. The number of amides is 1. The van der Waals surface area contributed by atoms with Gasteiger partial charge < -0.3 is 15.8 Å². The molecular weight excluding hydrogens is 276 g/mol. The molecule has 0 aromatic heterocycles. The van der Waals surface area contributed by atoms with Crippen LogP contribution in [-0.2, 0) is 4.79 Å². The Balaban J connectivity index is 1.55. The number of carbonyl (C=O) groups is 1. The molecule has 4 nitrogen and oxygen atoms in total. The van der Waals surface area contributed by atoms with Gasteiger partial charge in [0.1, 0.15) is 5.75 Å². The predicted molar refractivity (Wildman–Crippen MR) is 87.8 cm³/mol. The summed E-state index contributed by atoms with van der Waals surface area (Å²) >= 11 is 0. The van der Waals surface area contributed by atoms with Crippen molar-refractivity contribution in [2.45, 2.75) is 25.3 Å². The van der Waals surface area contributed by atoms with Crippen molar-refractivity contribution in [2.75, 3.05) is 13.2 Å². The van der Waals surface area contributed by atoms with Crippen LogP contribution in [0.3, 0.4) is 0 Å². The number of hydrogen-bond donors (Lipinski definition) is 2. The Morgan fingerprint density at radius 3 is 2.82 bits per heavy atom. The molecule has 3 N–H and O–H groups in total. The zero-order valence-electron chi connectivity index (χ0n) is 12.6. The van der Waals surface area contributed by atoms with Gasteiger partial charge in [-0.3, -0.25) is 4.79 Å². The van der Waals surface area contributed by atoms with E-state index >= 15 is 0 Å². The van der Waals surface area contributed by atoms with Gasteiger partial charge in [0.25, 0.3) is 5.91 Å². The van der Waals surface area contributed by atoms with Crippen LogP contribution < -0.4 is 15.8 Å². The molecule has 3 rings (SSSR count). The zero-order valence-corrected chi connectivity index (χ0v) is 12.6. The molecule has 2 aromatic rings. The first kappa shape index (κ1) is 14.9. The second-order valence-corrected chi connectivity index (χ2v) is 5.90. The second-order valence-electron chi connectivity index (χ2n) is 5.90. The monoisotopic (exact) mass is 298 g/mol. The Bertz CT molecular complexity index is 656. The van der Waals surface area contributed by atoms with Crippen LogP contribution >= 0.6 is 0 Å². The van der Waals surface area contributed by atoms with Gasteiger partial charge in [0.15, 0.2) is 6.61 Å². The Morgan fingerprint density at radius 1 is 1.18 bits per heavy atom. The highest BCUT2D eigenvalue weighted by Crippen LogP contribution is 2.24. The molecule has 0 spiro atoms. The van der Waals surface area contributed by atoms with Gasteiger partial charge in [-0.25, -0.2) is 0 Å². The molecule has 0 saturated heterocycles. The van der Waals surface area contributed by atoms with Crippen LogP contribution in [-0.4, -0.2) is 25.1 Å². The third kappa shape index (κ3) is 3.39. The Labute approximate surface area is 130 Å². The molecule has 2 atom stereocenters. The van der Waals surface area contributed by atoms with Crippen LogP contribution in [0.2, 0.25) is 0 Å². The SMILES string of the molecule is NCC1CCCC1NC(=O)COc1ccc2ccccc2c1. The summed E-state index contributed by atoms with van der Waals surface area (Å²) in [6, 6.07) is 14.2. The van der Waals surface area contributed by atoms with Gasteiger partial charge in [-0.2, -0.15) is 0 Å². The number of fused-ring (bicyclic) bond motifs is 1. The van der Waals surface area contributed by atoms with Gasteiger partial charge in [0.2, 0.25) is 0 Å². The number of ether oxygens (including phenoxy) is 1. The van der Waals surface area contributed by atoms with Crippen LogP contribution in [0.25, 0.3) is 10.8 Å². The summed E-state index contributed by atoms with van der Waals surface area (Å²) in [6.07, 6.45) is 3.26. The number of hydrogen-bond acceptors (Lipinski definition) is 3. The lowest BCUT2D eigenvalue weighted by atomic mass is 10.0. The lowest BCUT2D eigenvalue weighted by molar-refractivity contribution is -0.124. The molecule has 0 radical (unpaired) electrons. The van der Waals surface area contributed by atoms with Crippen molar-refractivity contribution in [3.05, 3.63) is 42.5 Å². The molecule has 4 heteroatoms. The molecular formula is C18H22N2O2. The molecule has 0 aliphatic heterocycles. The van der Waals surface area contributed by atoms with E-state index in [-0.39, 0.29) is 18.6 Å². The van der Waals surface area contributed by atoms with E-state index in [0.717, 1.165) is 35.8 Å². The van der Waals surface area contributed by atoms with Gasteiger partial charge in [-0.1, -0.05) is 36.8 Å². The van der Waals surface area contributed by atoms with Gasteiger partial charge in [-0.05, 0) is 48.2 Å². The van der Waals surface area contributed by atoms with Crippen molar-refractivity contribution in [3.8, 4) is 5.75 Å². The van der Waals surface area contributed by atoms with E-state index in [4.69, 9.17) is 10.5 Å². The largest absolute Gasteiger partial charge is 0.484 e. The first-order valence-electron chi connectivity index (χ1n) is 7.87. The quantitative estimate of drug-likeness (QED) is 0.891. The van der Waals surface area contributed by atoms with E-state index in [1.807, 2.05) is 36.4 Å². The fourth-order valence-corrected chi connectivity index (χ4v) is 3.16. The van der Waals surface area contributed by atoms with Crippen LogP contribution in [0, 0.1) is 5.92 Å². The van der Waals surface area contributed by atoms with Crippen molar-refractivity contribution in [1.82, 2.24) is 5.32 Å². The normalized spacial score (nSPS) is 21.0. The van der Waals surface area contributed by atoms with Crippen molar-refractivity contribution < 1.29 is 9.53 Å². The third-order valence-corrected chi connectivity index (χ3v) is 4.40. The zero-order chi connectivity index (χ0) is 15.4. The smallest absolute Gasteiger partial charge is 0.258 e. The minimum Gasteiger partial charge on any atom is -0.484 e. The topological polar surface area (TPSA) is 64.3 Å². The predicted octanol–water partition coefficient (Wildman–Crippen LogP) is 2.46. The summed E-state index contributed by atoms with van der Waals surface area (Å²) in [7, 11) is 0. The average Bonchev–Trinajstić information content (AvgIpc) is 3.00. The van der Waals surface area contributed by atoms with E-state index in [2.05, 4.69) is 11.4 Å². The van der Waals surface area contributed by atoms with Crippen LogP contribution in [0.15, 0.2) is 42.5 Å². The Hall–Kier alpha value is -2.07. The maximum absolute atomic E-state index is 12.0. The fraction of sp³-hybridized carbons (Fsp3) is 0.389. The van der Waals surface area contributed by atoms with Crippen molar-refractivity contribution in [3.63, 3.8) is 0 Å². The maximum Gasteiger partial charge on any atom is 0.258 e. The van der Waals surface area contributed by atoms with Crippen molar-refractivity contribution in [1.29, 1.82) is 0 Å². The molecule has 116 valence electrons. The molecule has 1 amide bonds. The molecule has 2 aromatic carbocycles. The number of benzene rings is 2. The average molecular weight is 298 g/mol. The third-order valence-electron chi connectivity index (χ3n) is 4.40. The maximum atomic E-state index is 12.0. The molecule has 1 aliphatic carbocycles. The molecule has 22 heavy (non-hydrogen) atoms. The highest BCUT2D eigenvalue weighted by molar-refractivity contribution is 5.84. The molecule has 0 heterocycles. The summed E-state index contributed by atoms with van der Waals surface area (Å²) in [5.74, 6) is 1.05.